The van der Waals surface area contributed by atoms with E-state index in [4.69, 9.17) is 9.84 Å². The Morgan fingerprint density at radius 3 is 2.80 bits per heavy atom. The number of carbonyl (C=O) groups excluding carboxylic acids is 1. The maximum atomic E-state index is 12.6. The Balaban J connectivity index is 2.21. The molecule has 20 heavy (non-hydrogen) atoms. The molecule has 0 saturated heterocycles. The van der Waals surface area contributed by atoms with Gasteiger partial charge in [0.1, 0.15) is 18.1 Å². The second-order valence-corrected chi connectivity index (χ2v) is 4.89. The largest absolute Gasteiger partial charge is 0.488 e. The summed E-state index contributed by atoms with van der Waals surface area (Å²) >= 11 is 0. The summed E-state index contributed by atoms with van der Waals surface area (Å²) in [5, 5.41) is 9.13. The first-order chi connectivity index (χ1) is 9.49. The third kappa shape index (κ3) is 1.71. The third-order valence-electron chi connectivity index (χ3n) is 3.51. The first-order valence-electron chi connectivity index (χ1n) is 6.19. The molecule has 0 aliphatic carbocycles. The lowest BCUT2D eigenvalue weighted by Crippen LogP contribution is -2.12. The molecule has 1 aromatic carbocycles. The molecule has 102 valence electrons. The third-order valence-corrected chi connectivity index (χ3v) is 3.51. The minimum Gasteiger partial charge on any atom is -0.488 e. The lowest BCUT2D eigenvalue weighted by atomic mass is 10.0. The number of nitrogens with zero attached hydrogens (tertiary/aromatic N) is 1. The summed E-state index contributed by atoms with van der Waals surface area (Å²) in [6, 6.07) is 6.87. The number of benzene rings is 1. The zero-order valence-corrected chi connectivity index (χ0v) is 11.1. The highest BCUT2D eigenvalue weighted by Crippen LogP contribution is 2.30. The van der Waals surface area contributed by atoms with Crippen LogP contribution in [0.5, 0.6) is 5.75 Å². The van der Waals surface area contributed by atoms with Gasteiger partial charge in [0.2, 0.25) is 5.78 Å². The lowest BCUT2D eigenvalue weighted by molar-refractivity contribution is 0.0686. The number of hydrogen-bond acceptors (Lipinski definition) is 3. The van der Waals surface area contributed by atoms with Crippen molar-refractivity contribution in [2.45, 2.75) is 13.5 Å². The van der Waals surface area contributed by atoms with Crippen LogP contribution in [-0.4, -0.2) is 21.4 Å². The molecule has 5 nitrogen and oxygen atoms in total. The Kier molecular flexibility index (Phi) is 2.64. The SMILES string of the molecule is Cc1ccc2c(c1)OCc1cc(C(=O)O)n(C)c1C2=O. The van der Waals surface area contributed by atoms with Crippen LogP contribution in [-0.2, 0) is 13.7 Å². The predicted octanol–water partition coefficient (Wildman–Crippen LogP) is 2.16. The van der Waals surface area contributed by atoms with Crippen molar-refractivity contribution in [1.82, 2.24) is 4.57 Å². The second kappa shape index (κ2) is 4.23. The molecular formula is C15H13NO4. The molecule has 2 heterocycles. The fraction of sp³-hybridized carbons (Fsp3) is 0.200. The van der Waals surface area contributed by atoms with E-state index in [2.05, 4.69) is 0 Å². The van der Waals surface area contributed by atoms with Crippen molar-refractivity contribution >= 4 is 11.8 Å². The monoisotopic (exact) mass is 271 g/mol. The van der Waals surface area contributed by atoms with E-state index in [9.17, 15) is 9.59 Å². The number of carboxylic acid groups (broad SMARTS) is 1. The van der Waals surface area contributed by atoms with Crippen molar-refractivity contribution in [2.75, 3.05) is 0 Å². The van der Waals surface area contributed by atoms with E-state index in [1.54, 1.807) is 13.1 Å². The standard InChI is InChI=1S/C15H13NO4/c1-8-3-4-10-12(5-8)20-7-9-6-11(15(18)19)16(2)13(9)14(10)17/h3-6H,7H2,1-2H3,(H,18,19). The van der Waals surface area contributed by atoms with Crippen LogP contribution in [0.25, 0.3) is 0 Å². The molecule has 1 N–H and O–H groups in total. The number of aryl methyl sites for hydroxylation is 1. The van der Waals surface area contributed by atoms with Crippen LogP contribution >= 0.6 is 0 Å². The molecule has 0 amide bonds. The van der Waals surface area contributed by atoms with E-state index < -0.39 is 5.97 Å². The minimum atomic E-state index is -1.06. The number of hydrogen-bond donors (Lipinski definition) is 1. The molecule has 0 radical (unpaired) electrons. The first kappa shape index (κ1) is 12.5. The van der Waals surface area contributed by atoms with Crippen molar-refractivity contribution in [3.63, 3.8) is 0 Å². The summed E-state index contributed by atoms with van der Waals surface area (Å²) < 4.78 is 7.06. The quantitative estimate of drug-likeness (QED) is 0.863. The summed E-state index contributed by atoms with van der Waals surface area (Å²) in [5.74, 6) is -0.719. The molecule has 0 unspecified atom stereocenters. The Morgan fingerprint density at radius 2 is 2.10 bits per heavy atom. The van der Waals surface area contributed by atoms with Gasteiger partial charge in [-0.15, -0.1) is 0 Å². The number of ether oxygens (including phenoxy) is 1. The van der Waals surface area contributed by atoms with E-state index in [0.717, 1.165) is 5.56 Å². The first-order valence-corrected chi connectivity index (χ1v) is 6.19. The summed E-state index contributed by atoms with van der Waals surface area (Å²) in [5.41, 5.74) is 2.54. The molecule has 0 saturated carbocycles. The minimum absolute atomic E-state index is 0.0857. The van der Waals surface area contributed by atoms with E-state index in [1.165, 1.54) is 10.6 Å². The van der Waals surface area contributed by atoms with Crippen LogP contribution in [0.4, 0.5) is 0 Å². The van der Waals surface area contributed by atoms with Crippen molar-refractivity contribution in [3.05, 3.63) is 52.3 Å². The number of carbonyl (C=O) groups is 2. The summed E-state index contributed by atoms with van der Waals surface area (Å²) in [6.45, 7) is 2.12. The number of rotatable bonds is 1. The van der Waals surface area contributed by atoms with Crippen LogP contribution < -0.4 is 4.74 Å². The number of fused-ring (bicyclic) bond motifs is 2. The molecular weight excluding hydrogens is 258 g/mol. The average Bonchev–Trinajstić information content (AvgIpc) is 2.65. The van der Waals surface area contributed by atoms with Crippen LogP contribution in [0, 0.1) is 6.92 Å². The van der Waals surface area contributed by atoms with Crippen LogP contribution in [0.2, 0.25) is 0 Å². The van der Waals surface area contributed by atoms with Gasteiger partial charge in [0.25, 0.3) is 0 Å². The molecule has 1 aromatic heterocycles. The van der Waals surface area contributed by atoms with Gasteiger partial charge in [-0.3, -0.25) is 4.79 Å². The fourth-order valence-electron chi connectivity index (χ4n) is 2.50. The predicted molar refractivity (Wildman–Crippen MR) is 71.3 cm³/mol. The van der Waals surface area contributed by atoms with Gasteiger partial charge < -0.3 is 14.4 Å². The summed E-state index contributed by atoms with van der Waals surface area (Å²) in [4.78, 5) is 23.8. The van der Waals surface area contributed by atoms with Gasteiger partial charge in [0.15, 0.2) is 0 Å². The molecule has 0 bridgehead atoms. The van der Waals surface area contributed by atoms with E-state index in [1.807, 2.05) is 19.1 Å². The fourth-order valence-corrected chi connectivity index (χ4v) is 2.50. The topological polar surface area (TPSA) is 68.5 Å². The number of aromatic carboxylic acids is 1. The number of ketones is 1. The van der Waals surface area contributed by atoms with Crippen LogP contribution in [0.15, 0.2) is 24.3 Å². The Morgan fingerprint density at radius 1 is 1.35 bits per heavy atom. The highest BCUT2D eigenvalue weighted by atomic mass is 16.5. The Labute approximate surface area is 115 Å². The normalized spacial score (nSPS) is 13.2. The summed E-state index contributed by atoms with van der Waals surface area (Å²) in [6.07, 6.45) is 0. The van der Waals surface area contributed by atoms with Gasteiger partial charge in [-0.25, -0.2) is 4.79 Å². The van der Waals surface area contributed by atoms with Gasteiger partial charge in [-0.05, 0) is 30.7 Å². The number of aromatic nitrogens is 1. The van der Waals surface area contributed by atoms with Gasteiger partial charge >= 0.3 is 5.97 Å². The van der Waals surface area contributed by atoms with Gasteiger partial charge in [-0.1, -0.05) is 6.07 Å². The number of carboxylic acids is 1. The zero-order chi connectivity index (χ0) is 14.4. The van der Waals surface area contributed by atoms with Gasteiger partial charge in [0.05, 0.1) is 11.3 Å². The maximum Gasteiger partial charge on any atom is 0.352 e. The Bertz CT molecular complexity index is 743. The molecule has 5 heteroatoms. The molecule has 3 rings (SSSR count). The lowest BCUT2D eigenvalue weighted by Gasteiger charge is -2.07. The van der Waals surface area contributed by atoms with Crippen molar-refractivity contribution < 1.29 is 19.4 Å². The molecule has 0 atom stereocenters. The van der Waals surface area contributed by atoms with E-state index >= 15 is 0 Å². The van der Waals surface area contributed by atoms with Crippen molar-refractivity contribution in [3.8, 4) is 5.75 Å². The van der Waals surface area contributed by atoms with Crippen molar-refractivity contribution in [2.24, 2.45) is 7.05 Å². The molecule has 0 fully saturated rings. The zero-order valence-electron chi connectivity index (χ0n) is 11.1. The highest BCUT2D eigenvalue weighted by molar-refractivity contribution is 6.11. The second-order valence-electron chi connectivity index (χ2n) is 4.89. The van der Waals surface area contributed by atoms with E-state index in [0.29, 0.717) is 22.6 Å². The highest BCUT2D eigenvalue weighted by Gasteiger charge is 2.28. The van der Waals surface area contributed by atoms with Crippen molar-refractivity contribution in [1.29, 1.82) is 0 Å². The molecule has 2 aromatic rings. The van der Waals surface area contributed by atoms with E-state index in [-0.39, 0.29) is 18.1 Å². The van der Waals surface area contributed by atoms with Crippen LogP contribution in [0.1, 0.15) is 37.7 Å². The summed E-state index contributed by atoms with van der Waals surface area (Å²) in [7, 11) is 1.58. The average molecular weight is 271 g/mol. The maximum absolute atomic E-state index is 12.6. The van der Waals surface area contributed by atoms with Gasteiger partial charge in [0, 0.05) is 12.6 Å². The van der Waals surface area contributed by atoms with Crippen LogP contribution in [0.3, 0.4) is 0 Å². The smallest absolute Gasteiger partial charge is 0.352 e. The Hall–Kier alpha value is -2.56. The molecule has 1 aliphatic heterocycles. The molecule has 1 aliphatic rings. The van der Waals surface area contributed by atoms with Gasteiger partial charge in [-0.2, -0.15) is 0 Å². The molecule has 0 spiro atoms.